The van der Waals surface area contributed by atoms with Crippen molar-refractivity contribution in [2.75, 3.05) is 26.2 Å². The van der Waals surface area contributed by atoms with Crippen molar-refractivity contribution in [3.63, 3.8) is 0 Å². The number of nitrogens with one attached hydrogen (secondary N) is 2. The molecule has 1 aromatic heterocycles. The maximum atomic E-state index is 13.2. The lowest BCUT2D eigenvalue weighted by atomic mass is 9.78. The number of carboxylic acids is 1. The van der Waals surface area contributed by atoms with Crippen molar-refractivity contribution in [3.05, 3.63) is 16.9 Å². The van der Waals surface area contributed by atoms with Gasteiger partial charge in [-0.25, -0.2) is 9.48 Å². The average Bonchev–Trinajstić information content (AvgIpc) is 3.73. The fourth-order valence-electron chi connectivity index (χ4n) is 6.65. The maximum Gasteiger partial charge on any atom is 0.353 e. The van der Waals surface area contributed by atoms with Crippen molar-refractivity contribution in [1.82, 2.24) is 40.6 Å². The first kappa shape index (κ1) is 30.1. The smallest absolute Gasteiger partial charge is 0.353 e. The number of tetrazole rings is 1. The number of ketones is 1. The second-order valence-corrected chi connectivity index (χ2v) is 12.9. The normalized spacial score (nSPS) is 29.5. The number of nitrogens with two attached hydrogens (primary N) is 1. The number of aromatic nitrogens is 4. The van der Waals surface area contributed by atoms with Gasteiger partial charge in [-0.05, 0) is 42.7 Å². The number of carbonyl (C=O) groups excluding carboxylic acids is 4. The lowest BCUT2D eigenvalue weighted by Crippen LogP contribution is -2.66. The number of likely N-dealkylation sites (tertiary alicyclic amines) is 1. The zero-order chi connectivity index (χ0) is 30.1. The minimum absolute atomic E-state index is 0.00378. The highest BCUT2D eigenvalue weighted by Crippen LogP contribution is 2.51. The predicted octanol–water partition coefficient (Wildman–Crippen LogP) is -1.43. The van der Waals surface area contributed by atoms with Gasteiger partial charge < -0.3 is 31.3 Å². The van der Waals surface area contributed by atoms with E-state index in [0.29, 0.717) is 50.3 Å². The molecular weight excluding hydrogens is 566 g/mol. The molecular formula is C26H37N9O6S. The Hall–Kier alpha value is -3.37. The Balaban J connectivity index is 1.18. The summed E-state index contributed by atoms with van der Waals surface area (Å²) in [7, 11) is 0. The van der Waals surface area contributed by atoms with Crippen molar-refractivity contribution in [2.45, 2.75) is 69.5 Å². The van der Waals surface area contributed by atoms with Gasteiger partial charge in [0.1, 0.15) is 24.4 Å². The van der Waals surface area contributed by atoms with Crippen LogP contribution in [0.1, 0.15) is 39.5 Å². The summed E-state index contributed by atoms with van der Waals surface area (Å²) in [5, 5.41) is 26.8. The molecule has 0 aliphatic carbocycles. The molecule has 0 radical (unpaired) electrons. The first-order chi connectivity index (χ1) is 20.1. The minimum atomic E-state index is -1.17. The highest BCUT2D eigenvalue weighted by atomic mass is 32.2. The summed E-state index contributed by atoms with van der Waals surface area (Å²) >= 11 is 1.42. The molecule has 42 heavy (non-hydrogen) atoms. The zero-order valence-electron chi connectivity index (χ0n) is 23.6. The molecule has 0 aromatic carbocycles. The quantitative estimate of drug-likeness (QED) is 0.203. The highest BCUT2D eigenvalue weighted by molar-refractivity contribution is 8.03. The minimum Gasteiger partial charge on any atom is -0.477 e. The molecule has 0 bridgehead atoms. The Kier molecular flexibility index (Phi) is 8.94. The summed E-state index contributed by atoms with van der Waals surface area (Å²) in [5.41, 5.74) is 5.47. The number of fused-ring (bicyclic) bond motifs is 1. The van der Waals surface area contributed by atoms with Crippen molar-refractivity contribution in [3.8, 4) is 0 Å². The van der Waals surface area contributed by atoms with Crippen LogP contribution in [-0.2, 0) is 30.5 Å². The molecule has 15 nitrogen and oxygen atoms in total. The van der Waals surface area contributed by atoms with Crippen LogP contribution in [-0.4, -0.2) is 114 Å². The van der Waals surface area contributed by atoms with E-state index in [2.05, 4.69) is 26.2 Å². The van der Waals surface area contributed by atoms with E-state index in [-0.39, 0.29) is 64.9 Å². The molecule has 0 saturated carbocycles. The molecule has 0 spiro atoms. The van der Waals surface area contributed by atoms with Gasteiger partial charge in [0.05, 0.1) is 18.0 Å². The molecule has 3 fully saturated rings. The van der Waals surface area contributed by atoms with Gasteiger partial charge in [-0.15, -0.1) is 16.9 Å². The van der Waals surface area contributed by atoms with Crippen molar-refractivity contribution < 1.29 is 29.1 Å². The molecule has 0 unspecified atom stereocenters. The van der Waals surface area contributed by atoms with Crippen LogP contribution < -0.4 is 16.4 Å². The molecule has 5 rings (SSSR count). The highest BCUT2D eigenvalue weighted by Gasteiger charge is 2.60. The van der Waals surface area contributed by atoms with E-state index >= 15 is 0 Å². The van der Waals surface area contributed by atoms with Crippen LogP contribution in [0.25, 0.3) is 0 Å². The third kappa shape index (κ3) is 5.92. The zero-order valence-corrected chi connectivity index (χ0v) is 24.5. The number of β-lactam (4-membered cyclic amide) rings is 1. The Morgan fingerprint density at radius 2 is 2.10 bits per heavy atom. The second kappa shape index (κ2) is 12.5. The largest absolute Gasteiger partial charge is 0.477 e. The predicted molar refractivity (Wildman–Crippen MR) is 149 cm³/mol. The van der Waals surface area contributed by atoms with Crippen LogP contribution in [0.4, 0.5) is 0 Å². The fraction of sp³-hybridized carbons (Fsp3) is 0.692. The van der Waals surface area contributed by atoms with Gasteiger partial charge in [0.2, 0.25) is 17.7 Å². The Bertz CT molecular complexity index is 1270. The van der Waals surface area contributed by atoms with E-state index < -0.39 is 17.9 Å². The van der Waals surface area contributed by atoms with E-state index in [4.69, 9.17) is 5.73 Å². The van der Waals surface area contributed by atoms with Gasteiger partial charge in [0.15, 0.2) is 0 Å². The monoisotopic (exact) mass is 603 g/mol. The molecule has 3 saturated heterocycles. The second-order valence-electron chi connectivity index (χ2n) is 11.6. The number of nitrogens with zero attached hydrogens (tertiary/aromatic N) is 6. The van der Waals surface area contributed by atoms with E-state index in [1.54, 1.807) is 6.92 Å². The van der Waals surface area contributed by atoms with Crippen LogP contribution in [0.5, 0.6) is 0 Å². The summed E-state index contributed by atoms with van der Waals surface area (Å²) in [4.78, 5) is 67.0. The summed E-state index contributed by atoms with van der Waals surface area (Å²) in [5.74, 6) is -2.38. The molecule has 4 aliphatic heterocycles. The molecule has 228 valence electrons. The van der Waals surface area contributed by atoms with Crippen LogP contribution in [0, 0.1) is 17.8 Å². The Morgan fingerprint density at radius 1 is 1.31 bits per heavy atom. The van der Waals surface area contributed by atoms with Gasteiger partial charge >= 0.3 is 5.97 Å². The number of rotatable bonds is 12. The van der Waals surface area contributed by atoms with Crippen molar-refractivity contribution >= 4 is 41.2 Å². The first-order valence-electron chi connectivity index (χ1n) is 14.3. The number of hydrogen-bond acceptors (Lipinski definition) is 11. The Labute approximate surface area is 247 Å². The standard InChI is InChI=1S/C26H37N9O6S/c1-13-21-20(14(2)30-19(37)11-34-12-29-31-32-34)25(39)35(21)22(26(40)41)23(13)42-17-8-18(28-9-17)24(38)33-6-4-15(10-33)7-16(36)3-5-27/h12-15,17-18,20-21,28H,3-11,27H2,1-2H3,(H,30,37)(H,40,41)/t13-,14-,15+,17+,18+,20-,21-/m1/s1. The molecule has 3 amide bonds. The number of hydrogen-bond donors (Lipinski definition) is 4. The van der Waals surface area contributed by atoms with Crippen LogP contribution >= 0.6 is 11.8 Å². The van der Waals surface area contributed by atoms with Gasteiger partial charge in [-0.3, -0.25) is 19.2 Å². The van der Waals surface area contributed by atoms with Gasteiger partial charge in [-0.2, -0.15) is 0 Å². The lowest BCUT2D eigenvalue weighted by molar-refractivity contribution is -0.158. The third-order valence-corrected chi connectivity index (χ3v) is 10.1. The van der Waals surface area contributed by atoms with Crippen molar-refractivity contribution in [1.29, 1.82) is 0 Å². The average molecular weight is 604 g/mol. The number of amides is 3. The maximum absolute atomic E-state index is 13.2. The van der Waals surface area contributed by atoms with E-state index in [1.165, 1.54) is 27.7 Å². The first-order valence-corrected chi connectivity index (χ1v) is 15.2. The number of carbonyl (C=O) groups is 5. The molecule has 1 aromatic rings. The van der Waals surface area contributed by atoms with E-state index in [1.807, 2.05) is 11.8 Å². The molecule has 5 N–H and O–H groups in total. The Morgan fingerprint density at radius 3 is 2.79 bits per heavy atom. The summed E-state index contributed by atoms with van der Waals surface area (Å²) in [6.07, 6.45) is 3.45. The molecule has 4 aliphatic rings. The van der Waals surface area contributed by atoms with Crippen LogP contribution in [0.15, 0.2) is 16.9 Å². The van der Waals surface area contributed by atoms with E-state index in [9.17, 15) is 29.1 Å². The van der Waals surface area contributed by atoms with Gasteiger partial charge in [-0.1, -0.05) is 6.92 Å². The van der Waals surface area contributed by atoms with Crippen LogP contribution in [0.3, 0.4) is 0 Å². The number of thioether (sulfide) groups is 1. The number of carboxylic acid groups (broad SMARTS) is 1. The van der Waals surface area contributed by atoms with Crippen molar-refractivity contribution in [2.24, 2.45) is 23.5 Å². The SMILES string of the molecule is C[C@@H](NC(=O)Cn1cnnn1)[C@H]1C(=O)N2C(C(=O)O)=C(S[C@@H]3CN[C@H](C(=O)N4CC[C@@H](CC(=O)CCN)C4)C3)[C@H](C)[C@H]12. The lowest BCUT2D eigenvalue weighted by Gasteiger charge is -2.47. The third-order valence-electron chi connectivity index (χ3n) is 8.64. The molecule has 5 heterocycles. The summed E-state index contributed by atoms with van der Waals surface area (Å²) in [6.45, 7) is 5.59. The number of Topliss-reactive ketones (excluding diaryl/α,β-unsaturated/α-hetero) is 1. The van der Waals surface area contributed by atoms with Gasteiger partial charge in [0.25, 0.3) is 0 Å². The molecule has 16 heteroatoms. The fourth-order valence-corrected chi connectivity index (χ4v) is 8.13. The topological polar surface area (TPSA) is 206 Å². The molecule has 7 atom stereocenters. The summed E-state index contributed by atoms with van der Waals surface area (Å²) in [6, 6.07) is -1.28. The van der Waals surface area contributed by atoms with E-state index in [0.717, 1.165) is 6.42 Å². The number of aliphatic carboxylic acids is 1. The summed E-state index contributed by atoms with van der Waals surface area (Å²) < 4.78 is 1.27. The van der Waals surface area contributed by atoms with Gasteiger partial charge in [0, 0.05) is 54.6 Å². The van der Waals surface area contributed by atoms with Crippen LogP contribution in [0.2, 0.25) is 0 Å².